The molecule has 0 saturated heterocycles. The van der Waals surface area contributed by atoms with Gasteiger partial charge in [0.25, 0.3) is 0 Å². The van der Waals surface area contributed by atoms with Gasteiger partial charge in [0.2, 0.25) is 0 Å². The summed E-state index contributed by atoms with van der Waals surface area (Å²) < 4.78 is 0. The number of hydrogen-bond donors (Lipinski definition) is 0. The van der Waals surface area contributed by atoms with Crippen molar-refractivity contribution in [1.29, 1.82) is 0 Å². The van der Waals surface area contributed by atoms with Gasteiger partial charge >= 0.3 is 0 Å². The van der Waals surface area contributed by atoms with Gasteiger partial charge in [0.05, 0.1) is 16.1 Å². The Morgan fingerprint density at radius 2 is 2.50 bits per heavy atom. The molecule has 0 aliphatic heterocycles. The monoisotopic (exact) mass is 203 g/mol. The predicted molar refractivity (Wildman–Crippen MR) is 51.1 cm³/mol. The van der Waals surface area contributed by atoms with Crippen LogP contribution in [0.25, 0.3) is 0 Å². The lowest BCUT2D eigenvalue weighted by atomic mass is 10.2. The van der Waals surface area contributed by atoms with Gasteiger partial charge in [0, 0.05) is 12.3 Å². The molecule has 0 atom stereocenters. The topological polar surface area (TPSA) is 30.0 Å². The first-order chi connectivity index (χ1) is 5.75. The van der Waals surface area contributed by atoms with Crippen molar-refractivity contribution in [3.63, 3.8) is 0 Å². The van der Waals surface area contributed by atoms with Gasteiger partial charge in [-0.2, -0.15) is 0 Å². The van der Waals surface area contributed by atoms with Crippen molar-refractivity contribution in [3.05, 3.63) is 16.1 Å². The van der Waals surface area contributed by atoms with Crippen LogP contribution in [0.4, 0.5) is 0 Å². The van der Waals surface area contributed by atoms with Gasteiger partial charge in [-0.05, 0) is 13.3 Å². The van der Waals surface area contributed by atoms with Crippen LogP contribution in [0.1, 0.15) is 28.2 Å². The molecule has 0 fully saturated rings. The molecule has 0 unspecified atom stereocenters. The average molecular weight is 204 g/mol. The molecule has 0 N–H and O–H groups in total. The second kappa shape index (κ2) is 4.58. The number of halogens is 1. The summed E-state index contributed by atoms with van der Waals surface area (Å²) in [5, 5.41) is 0. The number of aryl methyl sites for hydroxylation is 1. The molecular weight excluding hydrogens is 194 g/mol. The molecule has 0 aliphatic carbocycles. The Labute approximate surface area is 80.6 Å². The fourth-order valence-corrected chi connectivity index (χ4v) is 1.82. The zero-order chi connectivity index (χ0) is 8.97. The van der Waals surface area contributed by atoms with Crippen LogP contribution in [0.15, 0.2) is 5.51 Å². The lowest BCUT2D eigenvalue weighted by molar-refractivity contribution is 0.0985. The van der Waals surface area contributed by atoms with Crippen LogP contribution in [0, 0.1) is 6.92 Å². The normalized spacial score (nSPS) is 10.2. The largest absolute Gasteiger partial charge is 0.293 e. The Morgan fingerprint density at radius 1 is 1.75 bits per heavy atom. The lowest BCUT2D eigenvalue weighted by Crippen LogP contribution is -1.98. The third-order valence-corrected chi connectivity index (χ3v) is 2.77. The van der Waals surface area contributed by atoms with Crippen molar-refractivity contribution in [3.8, 4) is 0 Å². The molecule has 4 heteroatoms. The third-order valence-electron chi connectivity index (χ3n) is 1.54. The Bertz CT molecular complexity index is 272. The predicted octanol–water partition coefficient (Wildman–Crippen LogP) is 2.65. The number of ketones is 1. The molecule has 0 aromatic carbocycles. The standard InChI is InChI=1S/C8H10ClNOS/c1-6-8(12-5-10-6)7(11)3-2-4-9/h5H,2-4H2,1H3. The highest BCUT2D eigenvalue weighted by Crippen LogP contribution is 2.15. The summed E-state index contributed by atoms with van der Waals surface area (Å²) >= 11 is 6.89. The van der Waals surface area contributed by atoms with Crippen molar-refractivity contribution < 1.29 is 4.79 Å². The highest BCUT2D eigenvalue weighted by molar-refractivity contribution is 7.11. The van der Waals surface area contributed by atoms with Crippen LogP contribution < -0.4 is 0 Å². The molecule has 0 radical (unpaired) electrons. The molecule has 0 saturated carbocycles. The minimum atomic E-state index is 0.163. The molecular formula is C8H10ClNOS. The number of alkyl halides is 1. The maximum absolute atomic E-state index is 11.4. The van der Waals surface area contributed by atoms with E-state index in [-0.39, 0.29) is 5.78 Å². The number of carbonyl (C=O) groups excluding carboxylic acids is 1. The number of aromatic nitrogens is 1. The van der Waals surface area contributed by atoms with Crippen molar-refractivity contribution >= 4 is 28.7 Å². The summed E-state index contributed by atoms with van der Waals surface area (Å²) in [5.74, 6) is 0.708. The van der Waals surface area contributed by atoms with Gasteiger partial charge in [0.15, 0.2) is 5.78 Å². The third kappa shape index (κ3) is 2.29. The molecule has 0 aliphatic rings. The maximum Gasteiger partial charge on any atom is 0.174 e. The van der Waals surface area contributed by atoms with Gasteiger partial charge in [-0.3, -0.25) is 4.79 Å². The summed E-state index contributed by atoms with van der Waals surface area (Å²) in [6.07, 6.45) is 1.28. The van der Waals surface area contributed by atoms with Crippen LogP contribution in [0.3, 0.4) is 0 Å². The van der Waals surface area contributed by atoms with Crippen LogP contribution >= 0.6 is 22.9 Å². The van der Waals surface area contributed by atoms with Crippen LogP contribution in [0.5, 0.6) is 0 Å². The molecule has 66 valence electrons. The van der Waals surface area contributed by atoms with Crippen LogP contribution in [-0.4, -0.2) is 16.6 Å². The Balaban J connectivity index is 2.59. The van der Waals surface area contributed by atoms with E-state index in [9.17, 15) is 4.79 Å². The van der Waals surface area contributed by atoms with Gasteiger partial charge in [0.1, 0.15) is 0 Å². The number of hydrogen-bond acceptors (Lipinski definition) is 3. The Hall–Kier alpha value is -0.410. The highest BCUT2D eigenvalue weighted by Gasteiger charge is 2.10. The van der Waals surface area contributed by atoms with E-state index in [2.05, 4.69) is 4.98 Å². The molecule has 0 amide bonds. The van der Waals surface area contributed by atoms with E-state index in [1.165, 1.54) is 11.3 Å². The number of carbonyl (C=O) groups is 1. The van der Waals surface area contributed by atoms with E-state index < -0.39 is 0 Å². The van der Waals surface area contributed by atoms with E-state index in [4.69, 9.17) is 11.6 Å². The number of thiazole rings is 1. The first-order valence-electron chi connectivity index (χ1n) is 3.75. The van der Waals surface area contributed by atoms with Gasteiger partial charge < -0.3 is 0 Å². The number of rotatable bonds is 4. The van der Waals surface area contributed by atoms with E-state index in [0.717, 1.165) is 17.0 Å². The second-order valence-corrected chi connectivity index (χ2v) is 3.72. The van der Waals surface area contributed by atoms with E-state index in [1.54, 1.807) is 5.51 Å². The first kappa shape index (κ1) is 9.68. The maximum atomic E-state index is 11.4. The second-order valence-electron chi connectivity index (χ2n) is 2.48. The molecule has 1 aromatic rings. The molecule has 0 spiro atoms. The van der Waals surface area contributed by atoms with Gasteiger partial charge in [-0.1, -0.05) is 0 Å². The van der Waals surface area contributed by atoms with Gasteiger partial charge in [-0.15, -0.1) is 22.9 Å². The summed E-state index contributed by atoms with van der Waals surface area (Å²) in [6.45, 7) is 1.85. The van der Waals surface area contributed by atoms with Gasteiger partial charge in [-0.25, -0.2) is 4.98 Å². The molecule has 0 bridgehead atoms. The van der Waals surface area contributed by atoms with Crippen molar-refractivity contribution in [2.24, 2.45) is 0 Å². The minimum Gasteiger partial charge on any atom is -0.293 e. The van der Waals surface area contributed by atoms with Crippen molar-refractivity contribution in [1.82, 2.24) is 4.98 Å². The van der Waals surface area contributed by atoms with Crippen LogP contribution in [0.2, 0.25) is 0 Å². The Morgan fingerprint density at radius 3 is 3.00 bits per heavy atom. The smallest absolute Gasteiger partial charge is 0.174 e. The van der Waals surface area contributed by atoms with Crippen LogP contribution in [-0.2, 0) is 0 Å². The van der Waals surface area contributed by atoms with E-state index in [1.807, 2.05) is 6.92 Å². The average Bonchev–Trinajstić information content (AvgIpc) is 2.47. The molecule has 1 heterocycles. The molecule has 2 nitrogen and oxygen atoms in total. The summed E-state index contributed by atoms with van der Waals surface area (Å²) in [4.78, 5) is 16.2. The number of nitrogens with zero attached hydrogens (tertiary/aromatic N) is 1. The molecule has 1 aromatic heterocycles. The number of Topliss-reactive ketones (excluding diaryl/α,β-unsaturated/α-hetero) is 1. The lowest BCUT2D eigenvalue weighted by Gasteiger charge is -1.95. The zero-order valence-corrected chi connectivity index (χ0v) is 8.41. The highest BCUT2D eigenvalue weighted by atomic mass is 35.5. The summed E-state index contributed by atoms with van der Waals surface area (Å²) in [7, 11) is 0. The SMILES string of the molecule is Cc1ncsc1C(=O)CCCCl. The summed E-state index contributed by atoms with van der Waals surface area (Å²) in [6, 6.07) is 0. The fourth-order valence-electron chi connectivity index (χ4n) is 0.910. The molecule has 1 rings (SSSR count). The van der Waals surface area contributed by atoms with Crippen molar-refractivity contribution in [2.45, 2.75) is 19.8 Å². The quantitative estimate of drug-likeness (QED) is 0.556. The minimum absolute atomic E-state index is 0.163. The summed E-state index contributed by atoms with van der Waals surface area (Å²) in [5.41, 5.74) is 2.53. The van der Waals surface area contributed by atoms with E-state index in [0.29, 0.717) is 12.3 Å². The zero-order valence-electron chi connectivity index (χ0n) is 6.84. The first-order valence-corrected chi connectivity index (χ1v) is 5.16. The molecule has 12 heavy (non-hydrogen) atoms. The van der Waals surface area contributed by atoms with E-state index >= 15 is 0 Å². The fraction of sp³-hybridized carbons (Fsp3) is 0.500. The van der Waals surface area contributed by atoms with Crippen molar-refractivity contribution in [2.75, 3.05) is 5.88 Å². The Kier molecular flexibility index (Phi) is 3.69.